The predicted octanol–water partition coefficient (Wildman–Crippen LogP) is 3.79. The monoisotopic (exact) mass is 355 g/mol. The summed E-state index contributed by atoms with van der Waals surface area (Å²) in [5, 5.41) is 15.2. The molecule has 7 heteroatoms. The van der Waals surface area contributed by atoms with Gasteiger partial charge in [0.2, 0.25) is 0 Å². The van der Waals surface area contributed by atoms with Crippen LogP contribution in [0.25, 0.3) is 0 Å². The number of amides is 1. The Morgan fingerprint density at radius 3 is 2.50 bits per heavy atom. The van der Waals surface area contributed by atoms with Crippen molar-refractivity contribution >= 4 is 17.2 Å². The van der Waals surface area contributed by atoms with Crippen LogP contribution in [0.1, 0.15) is 33.6 Å². The van der Waals surface area contributed by atoms with Crippen molar-refractivity contribution < 1.29 is 23.1 Å². The van der Waals surface area contributed by atoms with Crippen molar-refractivity contribution in [2.75, 3.05) is 6.54 Å². The summed E-state index contributed by atoms with van der Waals surface area (Å²) in [5.41, 5.74) is -2.64. The molecule has 0 spiro atoms. The molecule has 1 aliphatic rings. The highest BCUT2D eigenvalue weighted by atomic mass is 32.1. The Hall–Kier alpha value is -1.86. The third kappa shape index (κ3) is 3.32. The van der Waals surface area contributed by atoms with Crippen molar-refractivity contribution in [1.29, 1.82) is 0 Å². The predicted molar refractivity (Wildman–Crippen MR) is 84.7 cm³/mol. The van der Waals surface area contributed by atoms with E-state index in [1.165, 1.54) is 23.5 Å². The number of rotatable bonds is 5. The molecule has 1 aromatic carbocycles. The van der Waals surface area contributed by atoms with Crippen molar-refractivity contribution in [1.82, 2.24) is 5.32 Å². The van der Waals surface area contributed by atoms with Gasteiger partial charge in [-0.15, -0.1) is 11.3 Å². The summed E-state index contributed by atoms with van der Waals surface area (Å²) in [5.74, 6) is -0.812. The number of alkyl halides is 3. The largest absolute Gasteiger partial charge is 0.417 e. The summed E-state index contributed by atoms with van der Waals surface area (Å²) in [6.45, 7) is -0.108. The maximum absolute atomic E-state index is 13.0. The molecule has 1 atom stereocenters. The number of carbonyl (C=O) groups is 1. The lowest BCUT2D eigenvalue weighted by Gasteiger charge is -2.27. The Bertz CT molecular complexity index is 726. The van der Waals surface area contributed by atoms with Crippen molar-refractivity contribution in [2.45, 2.75) is 24.6 Å². The SMILES string of the molecule is O=C(NC[C@](O)(c1cccs1)C1CC1)c1ccccc1C(F)(F)F. The maximum atomic E-state index is 13.0. The van der Waals surface area contributed by atoms with Crippen LogP contribution in [0, 0.1) is 5.92 Å². The summed E-state index contributed by atoms with van der Waals surface area (Å²) in [6.07, 6.45) is -2.93. The van der Waals surface area contributed by atoms with Crippen LogP contribution in [0.2, 0.25) is 0 Å². The normalized spacial score (nSPS) is 17.3. The van der Waals surface area contributed by atoms with E-state index in [1.54, 1.807) is 12.1 Å². The molecule has 3 nitrogen and oxygen atoms in total. The highest BCUT2D eigenvalue weighted by Crippen LogP contribution is 2.46. The van der Waals surface area contributed by atoms with Crippen molar-refractivity contribution in [3.63, 3.8) is 0 Å². The number of benzene rings is 1. The third-order valence-corrected chi connectivity index (χ3v) is 5.23. The minimum Gasteiger partial charge on any atom is -0.382 e. The van der Waals surface area contributed by atoms with Gasteiger partial charge in [0.15, 0.2) is 0 Å². The molecule has 0 aliphatic heterocycles. The molecular formula is C17H16F3NO2S. The number of hydrogen-bond donors (Lipinski definition) is 2. The minimum atomic E-state index is -4.60. The van der Waals surface area contributed by atoms with E-state index in [0.717, 1.165) is 29.9 Å². The van der Waals surface area contributed by atoms with Crippen LogP contribution in [-0.4, -0.2) is 17.6 Å². The van der Waals surface area contributed by atoms with E-state index < -0.39 is 28.8 Å². The van der Waals surface area contributed by atoms with Gasteiger partial charge in [0.25, 0.3) is 5.91 Å². The molecule has 0 unspecified atom stereocenters. The maximum Gasteiger partial charge on any atom is 0.417 e. The molecule has 3 rings (SSSR count). The highest BCUT2D eigenvalue weighted by molar-refractivity contribution is 7.10. The number of halogens is 3. The third-order valence-electron chi connectivity index (χ3n) is 4.20. The second kappa shape index (κ2) is 6.22. The number of aliphatic hydroxyl groups is 1. The zero-order chi connectivity index (χ0) is 17.4. The summed E-state index contributed by atoms with van der Waals surface area (Å²) < 4.78 is 39.1. The lowest BCUT2D eigenvalue weighted by atomic mass is 9.95. The fourth-order valence-electron chi connectivity index (χ4n) is 2.76. The van der Waals surface area contributed by atoms with E-state index in [0.29, 0.717) is 0 Å². The molecule has 0 bridgehead atoms. The number of carbonyl (C=O) groups excluding carboxylic acids is 1. The van der Waals surface area contributed by atoms with Gasteiger partial charge in [-0.25, -0.2) is 0 Å². The molecule has 1 fully saturated rings. The van der Waals surface area contributed by atoms with Crippen molar-refractivity contribution in [2.24, 2.45) is 5.92 Å². The van der Waals surface area contributed by atoms with Gasteiger partial charge in [-0.2, -0.15) is 13.2 Å². The van der Waals surface area contributed by atoms with Crippen LogP contribution in [0.15, 0.2) is 41.8 Å². The smallest absolute Gasteiger partial charge is 0.382 e. The zero-order valence-electron chi connectivity index (χ0n) is 12.6. The Labute approximate surface area is 141 Å². The van der Waals surface area contributed by atoms with Gasteiger partial charge in [-0.05, 0) is 42.3 Å². The fourth-order valence-corrected chi connectivity index (χ4v) is 3.66. The first-order chi connectivity index (χ1) is 11.3. The fraction of sp³-hybridized carbons (Fsp3) is 0.353. The van der Waals surface area contributed by atoms with Gasteiger partial charge in [0.1, 0.15) is 5.60 Å². The van der Waals surface area contributed by atoms with E-state index in [2.05, 4.69) is 5.32 Å². The van der Waals surface area contributed by atoms with E-state index in [4.69, 9.17) is 0 Å². The topological polar surface area (TPSA) is 49.3 Å². The van der Waals surface area contributed by atoms with Gasteiger partial charge in [0, 0.05) is 4.88 Å². The number of hydrogen-bond acceptors (Lipinski definition) is 3. The van der Waals surface area contributed by atoms with E-state index in [-0.39, 0.29) is 12.5 Å². The Morgan fingerprint density at radius 1 is 1.21 bits per heavy atom. The summed E-state index contributed by atoms with van der Waals surface area (Å²) >= 11 is 1.37. The van der Waals surface area contributed by atoms with Gasteiger partial charge < -0.3 is 10.4 Å². The molecule has 0 radical (unpaired) electrons. The lowest BCUT2D eigenvalue weighted by molar-refractivity contribution is -0.137. The van der Waals surface area contributed by atoms with Crippen LogP contribution in [0.4, 0.5) is 13.2 Å². The van der Waals surface area contributed by atoms with Gasteiger partial charge >= 0.3 is 6.18 Å². The first-order valence-corrected chi connectivity index (χ1v) is 8.41. The van der Waals surface area contributed by atoms with E-state index in [1.807, 2.05) is 5.38 Å². The Balaban J connectivity index is 1.79. The first kappa shape index (κ1) is 17.0. The van der Waals surface area contributed by atoms with Crippen LogP contribution < -0.4 is 5.32 Å². The average Bonchev–Trinajstić information content (AvgIpc) is 3.26. The second-order valence-electron chi connectivity index (χ2n) is 5.90. The van der Waals surface area contributed by atoms with E-state index in [9.17, 15) is 23.1 Å². The molecule has 1 heterocycles. The molecule has 2 N–H and O–H groups in total. The molecule has 1 aliphatic carbocycles. The number of thiophene rings is 1. The van der Waals surface area contributed by atoms with E-state index >= 15 is 0 Å². The molecule has 0 saturated heterocycles. The Kier molecular flexibility index (Phi) is 4.40. The van der Waals surface area contributed by atoms with Gasteiger partial charge in [0.05, 0.1) is 17.7 Å². The van der Waals surface area contributed by atoms with Gasteiger partial charge in [-0.1, -0.05) is 18.2 Å². The summed E-state index contributed by atoms with van der Waals surface area (Å²) in [4.78, 5) is 13.0. The number of nitrogens with one attached hydrogen (secondary N) is 1. The molecule has 128 valence electrons. The molecule has 1 amide bonds. The lowest BCUT2D eigenvalue weighted by Crippen LogP contribution is -2.42. The van der Waals surface area contributed by atoms with Gasteiger partial charge in [-0.3, -0.25) is 4.79 Å². The molecule has 1 aromatic heterocycles. The molecule has 1 saturated carbocycles. The standard InChI is InChI=1S/C17H16F3NO2S/c18-17(19,20)13-5-2-1-4-12(13)15(22)21-10-16(23,11-7-8-11)14-6-3-9-24-14/h1-6,9,11,23H,7-8,10H2,(H,21,22)/t16-/m1/s1. The summed E-state index contributed by atoms with van der Waals surface area (Å²) in [7, 11) is 0. The second-order valence-corrected chi connectivity index (χ2v) is 6.85. The zero-order valence-corrected chi connectivity index (χ0v) is 13.5. The van der Waals surface area contributed by atoms with Crippen LogP contribution in [-0.2, 0) is 11.8 Å². The van der Waals surface area contributed by atoms with Crippen LogP contribution >= 0.6 is 11.3 Å². The molecule has 24 heavy (non-hydrogen) atoms. The van der Waals surface area contributed by atoms with Crippen LogP contribution in [0.3, 0.4) is 0 Å². The van der Waals surface area contributed by atoms with Crippen molar-refractivity contribution in [3.05, 3.63) is 57.8 Å². The average molecular weight is 355 g/mol. The molecular weight excluding hydrogens is 339 g/mol. The Morgan fingerprint density at radius 2 is 1.92 bits per heavy atom. The van der Waals surface area contributed by atoms with Crippen LogP contribution in [0.5, 0.6) is 0 Å². The van der Waals surface area contributed by atoms with Crippen molar-refractivity contribution in [3.8, 4) is 0 Å². The summed E-state index contributed by atoms with van der Waals surface area (Å²) in [6, 6.07) is 8.22. The highest BCUT2D eigenvalue weighted by Gasteiger charge is 2.46. The first-order valence-electron chi connectivity index (χ1n) is 7.53. The minimum absolute atomic E-state index is 0.0225. The molecule has 2 aromatic rings. The quantitative estimate of drug-likeness (QED) is 0.857.